The molecule has 0 atom stereocenters. The average molecular weight is 455 g/mol. The van der Waals surface area contributed by atoms with Crippen molar-refractivity contribution >= 4 is 12.1 Å². The van der Waals surface area contributed by atoms with Crippen molar-refractivity contribution in [1.82, 2.24) is 15.2 Å². The van der Waals surface area contributed by atoms with Gasteiger partial charge in [-0.05, 0) is 29.8 Å². The molecule has 4 rings (SSSR count). The van der Waals surface area contributed by atoms with E-state index in [4.69, 9.17) is 14.6 Å². The first kappa shape index (κ1) is 22.8. The molecule has 1 heterocycles. The molecular weight excluding hydrogens is 428 g/mol. The number of carbonyl (C=O) groups is 1. The fourth-order valence-corrected chi connectivity index (χ4v) is 3.56. The van der Waals surface area contributed by atoms with Crippen LogP contribution in [0.5, 0.6) is 11.5 Å². The van der Waals surface area contributed by atoms with E-state index in [9.17, 15) is 4.79 Å². The second kappa shape index (κ2) is 11.0. The number of carbonyl (C=O) groups excluding carboxylic acids is 1. The number of aryl methyl sites for hydroxylation is 1. The van der Waals surface area contributed by atoms with Gasteiger partial charge in [0.2, 0.25) is 5.91 Å². The molecule has 0 saturated heterocycles. The van der Waals surface area contributed by atoms with Crippen LogP contribution in [0.25, 0.3) is 22.5 Å². The summed E-state index contributed by atoms with van der Waals surface area (Å²) in [5.74, 6) is 1.10. The molecule has 172 valence electrons. The van der Waals surface area contributed by atoms with Crippen LogP contribution in [0.1, 0.15) is 12.0 Å². The third kappa shape index (κ3) is 5.50. The van der Waals surface area contributed by atoms with E-state index < -0.39 is 0 Å². The highest BCUT2D eigenvalue weighted by Gasteiger charge is 2.12. The van der Waals surface area contributed by atoms with Gasteiger partial charge in [-0.1, -0.05) is 60.7 Å². The molecule has 0 fully saturated rings. The summed E-state index contributed by atoms with van der Waals surface area (Å²) in [6.45, 7) is 0.418. The summed E-state index contributed by atoms with van der Waals surface area (Å²) >= 11 is 0. The van der Waals surface area contributed by atoms with Crippen LogP contribution in [0.4, 0.5) is 0 Å². The van der Waals surface area contributed by atoms with Crippen molar-refractivity contribution in [2.45, 2.75) is 13.0 Å². The summed E-state index contributed by atoms with van der Waals surface area (Å²) in [6.07, 6.45) is 1.76. The smallest absolute Gasteiger partial charge is 0.241 e. The maximum absolute atomic E-state index is 12.5. The highest BCUT2D eigenvalue weighted by Crippen LogP contribution is 2.26. The first-order valence-electron chi connectivity index (χ1n) is 10.9. The van der Waals surface area contributed by atoms with Crippen molar-refractivity contribution in [3.63, 3.8) is 0 Å². The van der Waals surface area contributed by atoms with Crippen LogP contribution in [0.15, 0.2) is 90.0 Å². The zero-order chi connectivity index (χ0) is 23.8. The first-order chi connectivity index (χ1) is 16.7. The third-order valence-corrected chi connectivity index (χ3v) is 5.30. The number of nitrogens with one attached hydrogen (secondary N) is 1. The highest BCUT2D eigenvalue weighted by atomic mass is 16.5. The Morgan fingerprint density at radius 1 is 0.941 bits per heavy atom. The van der Waals surface area contributed by atoms with E-state index in [1.54, 1.807) is 32.4 Å². The van der Waals surface area contributed by atoms with Gasteiger partial charge in [-0.3, -0.25) is 9.48 Å². The summed E-state index contributed by atoms with van der Waals surface area (Å²) in [6, 6.07) is 27.4. The Bertz CT molecular complexity index is 1270. The highest BCUT2D eigenvalue weighted by molar-refractivity contribution is 5.85. The van der Waals surface area contributed by atoms with E-state index in [0.29, 0.717) is 23.6 Å². The van der Waals surface area contributed by atoms with Gasteiger partial charge in [0, 0.05) is 17.5 Å². The number of nitrogens with zero attached hydrogens (tertiary/aromatic N) is 3. The maximum Gasteiger partial charge on any atom is 0.241 e. The van der Waals surface area contributed by atoms with Crippen LogP contribution >= 0.6 is 0 Å². The third-order valence-electron chi connectivity index (χ3n) is 5.30. The Morgan fingerprint density at radius 3 is 2.32 bits per heavy atom. The predicted molar refractivity (Wildman–Crippen MR) is 133 cm³/mol. The van der Waals surface area contributed by atoms with Crippen LogP contribution in [-0.4, -0.2) is 36.1 Å². The minimum absolute atomic E-state index is 0.214. The lowest BCUT2D eigenvalue weighted by atomic mass is 10.1. The molecule has 0 saturated carbocycles. The number of hydrogen-bond donors (Lipinski definition) is 1. The molecule has 0 aliphatic rings. The van der Waals surface area contributed by atoms with Gasteiger partial charge in [0.15, 0.2) is 0 Å². The molecule has 7 heteroatoms. The van der Waals surface area contributed by atoms with Gasteiger partial charge in [-0.25, -0.2) is 5.43 Å². The van der Waals surface area contributed by atoms with Gasteiger partial charge in [-0.15, -0.1) is 0 Å². The summed E-state index contributed by atoms with van der Waals surface area (Å²) in [4.78, 5) is 12.5. The molecule has 1 N–H and O–H groups in total. The standard InChI is InChI=1S/C27H26N4O3/c1-33-23-13-14-26(34-2)22(17-23)19-28-29-27(32)15-16-31-25(21-11-7-4-8-12-21)18-24(30-31)20-9-5-3-6-10-20/h3-14,17-19H,15-16H2,1-2H3,(H,29,32)/b28-19+. The molecule has 7 nitrogen and oxygen atoms in total. The van der Waals surface area contributed by atoms with Crippen molar-refractivity contribution in [3.05, 3.63) is 90.5 Å². The molecular formula is C27H26N4O3. The molecule has 0 spiro atoms. The Morgan fingerprint density at radius 2 is 1.65 bits per heavy atom. The first-order valence-corrected chi connectivity index (χ1v) is 10.9. The van der Waals surface area contributed by atoms with E-state index in [2.05, 4.69) is 16.6 Å². The number of amides is 1. The van der Waals surface area contributed by atoms with Gasteiger partial charge in [0.25, 0.3) is 0 Å². The van der Waals surface area contributed by atoms with Gasteiger partial charge in [0.05, 0.1) is 38.4 Å². The zero-order valence-corrected chi connectivity index (χ0v) is 19.1. The van der Waals surface area contributed by atoms with E-state index in [1.165, 1.54) is 6.21 Å². The maximum atomic E-state index is 12.5. The predicted octanol–water partition coefficient (Wildman–Crippen LogP) is 4.77. The molecule has 4 aromatic rings. The molecule has 1 aromatic heterocycles. The largest absolute Gasteiger partial charge is 0.497 e. The number of methoxy groups -OCH3 is 2. The minimum atomic E-state index is -0.214. The van der Waals surface area contributed by atoms with E-state index in [-0.39, 0.29) is 12.3 Å². The van der Waals surface area contributed by atoms with Crippen LogP contribution in [0.2, 0.25) is 0 Å². The van der Waals surface area contributed by atoms with E-state index >= 15 is 0 Å². The number of rotatable bonds is 9. The normalized spacial score (nSPS) is 10.9. The van der Waals surface area contributed by atoms with Crippen LogP contribution < -0.4 is 14.9 Å². The molecule has 34 heavy (non-hydrogen) atoms. The lowest BCUT2D eigenvalue weighted by Gasteiger charge is -2.08. The average Bonchev–Trinajstić information content (AvgIpc) is 3.33. The van der Waals surface area contributed by atoms with Crippen molar-refractivity contribution in [2.24, 2.45) is 5.10 Å². The number of hydrazone groups is 1. The molecule has 0 unspecified atom stereocenters. The molecule has 0 bridgehead atoms. The Balaban J connectivity index is 1.46. The lowest BCUT2D eigenvalue weighted by molar-refractivity contribution is -0.121. The van der Waals surface area contributed by atoms with Crippen molar-refractivity contribution in [3.8, 4) is 34.0 Å². The van der Waals surface area contributed by atoms with Crippen LogP contribution in [0, 0.1) is 0 Å². The lowest BCUT2D eigenvalue weighted by Crippen LogP contribution is -2.20. The van der Waals surface area contributed by atoms with Crippen LogP contribution in [-0.2, 0) is 11.3 Å². The Labute approximate surface area is 198 Å². The van der Waals surface area contributed by atoms with Crippen molar-refractivity contribution in [1.29, 1.82) is 0 Å². The van der Waals surface area contributed by atoms with Gasteiger partial charge < -0.3 is 9.47 Å². The number of benzene rings is 3. The van der Waals surface area contributed by atoms with Gasteiger partial charge in [-0.2, -0.15) is 10.2 Å². The SMILES string of the molecule is COc1ccc(OC)c(/C=N/NC(=O)CCn2nc(-c3ccccc3)cc2-c2ccccc2)c1. The summed E-state index contributed by atoms with van der Waals surface area (Å²) in [7, 11) is 3.17. The fourth-order valence-electron chi connectivity index (χ4n) is 3.56. The molecule has 1 amide bonds. The van der Waals surface area contributed by atoms with Crippen molar-refractivity contribution < 1.29 is 14.3 Å². The fraction of sp³-hybridized carbons (Fsp3) is 0.148. The van der Waals surface area contributed by atoms with E-state index in [0.717, 1.165) is 22.5 Å². The second-order valence-corrected chi connectivity index (χ2v) is 7.52. The summed E-state index contributed by atoms with van der Waals surface area (Å²) in [5.41, 5.74) is 7.17. The topological polar surface area (TPSA) is 77.7 Å². The number of ether oxygens (including phenoxy) is 2. The zero-order valence-electron chi connectivity index (χ0n) is 19.1. The van der Waals surface area contributed by atoms with Crippen molar-refractivity contribution in [2.75, 3.05) is 14.2 Å². The van der Waals surface area contributed by atoms with E-state index in [1.807, 2.05) is 65.3 Å². The second-order valence-electron chi connectivity index (χ2n) is 7.52. The van der Waals surface area contributed by atoms with Crippen LogP contribution in [0.3, 0.4) is 0 Å². The molecule has 0 aliphatic carbocycles. The molecule has 3 aromatic carbocycles. The monoisotopic (exact) mass is 454 g/mol. The number of aromatic nitrogens is 2. The van der Waals surface area contributed by atoms with Gasteiger partial charge in [0.1, 0.15) is 11.5 Å². The molecule has 0 aliphatic heterocycles. The quantitative estimate of drug-likeness (QED) is 0.292. The summed E-state index contributed by atoms with van der Waals surface area (Å²) in [5, 5.41) is 8.85. The van der Waals surface area contributed by atoms with Gasteiger partial charge >= 0.3 is 0 Å². The summed E-state index contributed by atoms with van der Waals surface area (Å²) < 4.78 is 12.4. The Hall–Kier alpha value is -4.39. The Kier molecular flexibility index (Phi) is 7.35. The molecule has 0 radical (unpaired) electrons. The minimum Gasteiger partial charge on any atom is -0.497 e. The number of hydrogen-bond acceptors (Lipinski definition) is 5.